The Bertz CT molecular complexity index is 457. The number of quaternary nitrogens is 1. The molecule has 1 fully saturated rings. The van der Waals surface area contributed by atoms with Crippen LogP contribution in [0, 0.1) is 5.92 Å². The van der Waals surface area contributed by atoms with Crippen molar-refractivity contribution < 1.29 is 24.3 Å². The number of carbonyl (C=O) groups excluding carboxylic acids is 1. The van der Waals surface area contributed by atoms with Crippen LogP contribution < -0.4 is 4.90 Å². The molecule has 1 heterocycles. The number of ether oxygens (including phenoxy) is 2. The summed E-state index contributed by atoms with van der Waals surface area (Å²) in [5, 5.41) is 10.1. The third kappa shape index (κ3) is 6.29. The Morgan fingerprint density at radius 3 is 2.65 bits per heavy atom. The highest BCUT2D eigenvalue weighted by molar-refractivity contribution is 5.72. The Balaban J connectivity index is 1.61. The van der Waals surface area contributed by atoms with Gasteiger partial charge in [0.1, 0.15) is 12.6 Å². The third-order valence-corrected chi connectivity index (χ3v) is 4.26. The maximum absolute atomic E-state index is 11.7. The fourth-order valence-corrected chi connectivity index (χ4v) is 3.01. The zero-order valence-corrected chi connectivity index (χ0v) is 13.9. The number of nitrogens with one attached hydrogen (secondary N) is 1. The van der Waals surface area contributed by atoms with Crippen molar-refractivity contribution in [2.24, 2.45) is 5.92 Å². The summed E-state index contributed by atoms with van der Waals surface area (Å²) < 4.78 is 10.7. The molecule has 0 aromatic heterocycles. The van der Waals surface area contributed by atoms with E-state index in [4.69, 9.17) is 9.47 Å². The molecule has 2 rings (SSSR count). The van der Waals surface area contributed by atoms with E-state index in [0.29, 0.717) is 26.4 Å². The lowest BCUT2D eigenvalue weighted by molar-refractivity contribution is -0.908. The maximum Gasteiger partial charge on any atom is 0.309 e. The van der Waals surface area contributed by atoms with Crippen LogP contribution in [0.4, 0.5) is 0 Å². The normalized spacial score (nSPS) is 22.5. The molecule has 5 nitrogen and oxygen atoms in total. The molecule has 2 N–H and O–H groups in total. The molecule has 0 amide bonds. The number of hydrogen-bond donors (Lipinski definition) is 2. The van der Waals surface area contributed by atoms with Crippen molar-refractivity contribution >= 4 is 5.97 Å². The van der Waals surface area contributed by atoms with E-state index in [1.54, 1.807) is 0 Å². The first-order valence-electron chi connectivity index (χ1n) is 8.49. The standard InChI is InChI=1S/C18H27NO4/c1-2-23-18(21)16-8-10-19(11-9-16)12-17(20)14-22-13-15-6-4-3-5-7-15/h3-7,16-17,20H,2,8-14H2,1H3/p+1/t17-/m0/s1. The van der Waals surface area contributed by atoms with Crippen LogP contribution in [0.1, 0.15) is 25.3 Å². The lowest BCUT2D eigenvalue weighted by Crippen LogP contribution is -3.14. The van der Waals surface area contributed by atoms with Gasteiger partial charge < -0.3 is 19.5 Å². The maximum atomic E-state index is 11.7. The molecule has 5 heteroatoms. The smallest absolute Gasteiger partial charge is 0.309 e. The van der Waals surface area contributed by atoms with Gasteiger partial charge in [-0.3, -0.25) is 4.79 Å². The summed E-state index contributed by atoms with van der Waals surface area (Å²) in [5.74, 6) is -0.0385. The Labute approximate surface area is 138 Å². The minimum Gasteiger partial charge on any atom is -0.466 e. The van der Waals surface area contributed by atoms with Crippen LogP contribution >= 0.6 is 0 Å². The Hall–Kier alpha value is -1.43. The molecule has 1 aliphatic heterocycles. The molecule has 0 bridgehead atoms. The number of likely N-dealkylation sites (tertiary alicyclic amines) is 1. The largest absolute Gasteiger partial charge is 0.466 e. The fourth-order valence-electron chi connectivity index (χ4n) is 3.01. The van der Waals surface area contributed by atoms with Crippen LogP contribution in [0.5, 0.6) is 0 Å². The Morgan fingerprint density at radius 2 is 2.00 bits per heavy atom. The molecule has 1 aromatic rings. The average molecular weight is 322 g/mol. The molecule has 0 aliphatic carbocycles. The number of rotatable bonds is 8. The molecular weight excluding hydrogens is 294 g/mol. The summed E-state index contributed by atoms with van der Waals surface area (Å²) in [4.78, 5) is 13.0. The van der Waals surface area contributed by atoms with Crippen molar-refractivity contribution in [1.82, 2.24) is 0 Å². The number of hydrogen-bond acceptors (Lipinski definition) is 4. The van der Waals surface area contributed by atoms with Gasteiger partial charge in [-0.2, -0.15) is 0 Å². The lowest BCUT2D eigenvalue weighted by Gasteiger charge is -2.29. The first-order valence-corrected chi connectivity index (χ1v) is 8.49. The summed E-state index contributed by atoms with van der Waals surface area (Å²) in [7, 11) is 0. The molecule has 128 valence electrons. The van der Waals surface area contributed by atoms with Gasteiger partial charge in [0.2, 0.25) is 0 Å². The van der Waals surface area contributed by atoms with Gasteiger partial charge in [-0.05, 0) is 12.5 Å². The summed E-state index contributed by atoms with van der Waals surface area (Å²) >= 11 is 0. The van der Waals surface area contributed by atoms with Crippen molar-refractivity contribution in [3.8, 4) is 0 Å². The highest BCUT2D eigenvalue weighted by Crippen LogP contribution is 2.11. The van der Waals surface area contributed by atoms with E-state index in [1.807, 2.05) is 37.3 Å². The minimum atomic E-state index is -0.465. The van der Waals surface area contributed by atoms with Crippen molar-refractivity contribution in [3.63, 3.8) is 0 Å². The fraction of sp³-hybridized carbons (Fsp3) is 0.611. The highest BCUT2D eigenvalue weighted by atomic mass is 16.5. The minimum absolute atomic E-state index is 0.0326. The second-order valence-electron chi connectivity index (χ2n) is 6.13. The van der Waals surface area contributed by atoms with Gasteiger partial charge in [-0.25, -0.2) is 0 Å². The van der Waals surface area contributed by atoms with Crippen molar-refractivity contribution in [2.75, 3.05) is 32.8 Å². The van der Waals surface area contributed by atoms with Gasteiger partial charge in [0.15, 0.2) is 0 Å². The van der Waals surface area contributed by atoms with Crippen LogP contribution in [-0.4, -0.2) is 50.0 Å². The van der Waals surface area contributed by atoms with Crippen LogP contribution in [0.2, 0.25) is 0 Å². The summed E-state index contributed by atoms with van der Waals surface area (Å²) in [6.45, 7) is 5.63. The second kappa shape index (κ2) is 9.65. The van der Waals surface area contributed by atoms with Crippen LogP contribution in [0.25, 0.3) is 0 Å². The average Bonchev–Trinajstić information content (AvgIpc) is 2.57. The number of carbonyl (C=O) groups is 1. The van der Waals surface area contributed by atoms with E-state index in [-0.39, 0.29) is 11.9 Å². The van der Waals surface area contributed by atoms with E-state index >= 15 is 0 Å². The molecule has 23 heavy (non-hydrogen) atoms. The molecule has 0 radical (unpaired) electrons. The predicted molar refractivity (Wildman–Crippen MR) is 87.0 cm³/mol. The third-order valence-electron chi connectivity index (χ3n) is 4.26. The zero-order chi connectivity index (χ0) is 16.5. The molecule has 1 saturated heterocycles. The van der Waals surface area contributed by atoms with E-state index in [9.17, 15) is 9.90 Å². The summed E-state index contributed by atoms with van der Waals surface area (Å²) in [6, 6.07) is 9.96. The lowest BCUT2D eigenvalue weighted by atomic mass is 9.97. The highest BCUT2D eigenvalue weighted by Gasteiger charge is 2.29. The second-order valence-corrected chi connectivity index (χ2v) is 6.13. The number of aliphatic hydroxyl groups excluding tert-OH is 1. The summed E-state index contributed by atoms with van der Waals surface area (Å²) in [5.41, 5.74) is 1.11. The Morgan fingerprint density at radius 1 is 1.30 bits per heavy atom. The van der Waals surface area contributed by atoms with E-state index in [2.05, 4.69) is 0 Å². The zero-order valence-electron chi connectivity index (χ0n) is 13.9. The SMILES string of the molecule is CCOC(=O)C1CC[NH+](C[C@H](O)COCc2ccccc2)CC1. The van der Waals surface area contributed by atoms with Crippen LogP contribution in [0.3, 0.4) is 0 Å². The van der Waals surface area contributed by atoms with Crippen molar-refractivity contribution in [1.29, 1.82) is 0 Å². The molecule has 0 spiro atoms. The number of benzene rings is 1. The van der Waals surface area contributed by atoms with Crippen molar-refractivity contribution in [2.45, 2.75) is 32.5 Å². The van der Waals surface area contributed by atoms with Gasteiger partial charge in [0, 0.05) is 12.8 Å². The molecule has 1 atom stereocenters. The molecule has 0 unspecified atom stereocenters. The van der Waals surface area contributed by atoms with Gasteiger partial charge in [0.05, 0.1) is 38.8 Å². The molecular formula is C18H28NO4+. The first kappa shape index (κ1) is 17.9. The van der Waals surface area contributed by atoms with Gasteiger partial charge in [0.25, 0.3) is 0 Å². The monoisotopic (exact) mass is 322 g/mol. The number of esters is 1. The number of piperidine rings is 1. The van der Waals surface area contributed by atoms with Gasteiger partial charge in [-0.1, -0.05) is 30.3 Å². The topological polar surface area (TPSA) is 60.2 Å². The first-order chi connectivity index (χ1) is 11.2. The molecule has 1 aliphatic rings. The molecule has 1 aromatic carbocycles. The van der Waals surface area contributed by atoms with Gasteiger partial charge in [-0.15, -0.1) is 0 Å². The van der Waals surface area contributed by atoms with Crippen molar-refractivity contribution in [3.05, 3.63) is 35.9 Å². The van der Waals surface area contributed by atoms with Gasteiger partial charge >= 0.3 is 5.97 Å². The predicted octanol–water partition coefficient (Wildman–Crippen LogP) is 0.422. The quantitative estimate of drug-likeness (QED) is 0.681. The van der Waals surface area contributed by atoms with E-state index in [1.165, 1.54) is 4.90 Å². The van der Waals surface area contributed by atoms with E-state index in [0.717, 1.165) is 31.5 Å². The number of aliphatic hydroxyl groups is 1. The summed E-state index contributed by atoms with van der Waals surface area (Å²) in [6.07, 6.45) is 1.21. The Kier molecular flexibility index (Phi) is 7.52. The van der Waals surface area contributed by atoms with Crippen LogP contribution in [0.15, 0.2) is 30.3 Å². The van der Waals surface area contributed by atoms with E-state index < -0.39 is 6.10 Å². The molecule has 0 saturated carbocycles. The van der Waals surface area contributed by atoms with Crippen LogP contribution in [-0.2, 0) is 20.9 Å².